The first-order valence-corrected chi connectivity index (χ1v) is 4.69. The third kappa shape index (κ3) is 0.626. The number of hydrogen-bond acceptors (Lipinski definition) is 1. The number of carbonyl (C=O) groups is 1. The van der Waals surface area contributed by atoms with Gasteiger partial charge in [0, 0.05) is 17.8 Å². The molecule has 0 aromatic rings. The lowest BCUT2D eigenvalue weighted by molar-refractivity contribution is -0.122. The Balaban J connectivity index is 2.07. The number of allylic oxidation sites excluding steroid dienone is 4. The van der Waals surface area contributed by atoms with Crippen LogP contribution in [0.4, 0.5) is 0 Å². The second-order valence-corrected chi connectivity index (χ2v) is 4.36. The molecule has 0 aromatic carbocycles. The first kappa shape index (κ1) is 6.64. The Morgan fingerprint density at radius 3 is 3.17 bits per heavy atom. The van der Waals surface area contributed by atoms with E-state index in [1.165, 1.54) is 0 Å². The molecule has 3 unspecified atom stereocenters. The summed E-state index contributed by atoms with van der Waals surface area (Å²) in [5, 5.41) is 0. The predicted octanol–water partition coefficient (Wildman–Crippen LogP) is 2.10. The van der Waals surface area contributed by atoms with Gasteiger partial charge in [-0.1, -0.05) is 24.3 Å². The van der Waals surface area contributed by atoms with Crippen molar-refractivity contribution in [1.82, 2.24) is 0 Å². The van der Waals surface area contributed by atoms with Crippen LogP contribution in [-0.2, 0) is 4.79 Å². The lowest BCUT2D eigenvalue weighted by atomic mass is 9.72. The van der Waals surface area contributed by atoms with Gasteiger partial charge >= 0.3 is 0 Å². The summed E-state index contributed by atoms with van der Waals surface area (Å²) >= 11 is 0. The summed E-state index contributed by atoms with van der Waals surface area (Å²) in [7, 11) is 0. The first-order chi connectivity index (χ1) is 5.80. The van der Waals surface area contributed by atoms with Gasteiger partial charge in [-0.15, -0.1) is 0 Å². The minimum absolute atomic E-state index is 0.260. The Hall–Kier alpha value is -0.850. The minimum atomic E-state index is 0.260. The van der Waals surface area contributed by atoms with Crippen LogP contribution in [0.3, 0.4) is 0 Å². The van der Waals surface area contributed by atoms with Crippen LogP contribution in [0, 0.1) is 17.3 Å². The molecule has 3 aliphatic rings. The zero-order valence-corrected chi connectivity index (χ0v) is 6.99. The number of fused-ring (bicyclic) bond motifs is 1. The van der Waals surface area contributed by atoms with E-state index in [0.717, 1.165) is 19.3 Å². The smallest absolute Gasteiger partial charge is 0.136 e. The molecular formula is C11H12O. The molecule has 1 heteroatoms. The van der Waals surface area contributed by atoms with Crippen molar-refractivity contribution >= 4 is 5.78 Å². The summed E-state index contributed by atoms with van der Waals surface area (Å²) in [5.41, 5.74) is 0.260. The van der Waals surface area contributed by atoms with E-state index in [4.69, 9.17) is 0 Å². The van der Waals surface area contributed by atoms with Gasteiger partial charge in [0.15, 0.2) is 0 Å². The van der Waals surface area contributed by atoms with Crippen molar-refractivity contribution in [3.8, 4) is 0 Å². The zero-order chi connectivity index (χ0) is 8.18. The van der Waals surface area contributed by atoms with Gasteiger partial charge in [-0.25, -0.2) is 0 Å². The maximum absolute atomic E-state index is 11.4. The topological polar surface area (TPSA) is 17.1 Å². The molecule has 3 atom stereocenters. The molecule has 0 saturated heterocycles. The van der Waals surface area contributed by atoms with Gasteiger partial charge in [0.25, 0.3) is 0 Å². The van der Waals surface area contributed by atoms with E-state index >= 15 is 0 Å². The van der Waals surface area contributed by atoms with Crippen LogP contribution >= 0.6 is 0 Å². The minimum Gasteiger partial charge on any atom is -0.299 e. The molecule has 12 heavy (non-hydrogen) atoms. The molecule has 0 N–H and O–H groups in total. The lowest BCUT2D eigenvalue weighted by Gasteiger charge is -2.31. The average molecular weight is 160 g/mol. The molecule has 0 radical (unpaired) electrons. The van der Waals surface area contributed by atoms with E-state index in [-0.39, 0.29) is 5.41 Å². The quantitative estimate of drug-likeness (QED) is 0.530. The molecular weight excluding hydrogens is 148 g/mol. The van der Waals surface area contributed by atoms with Gasteiger partial charge in [0.2, 0.25) is 0 Å². The van der Waals surface area contributed by atoms with Crippen molar-refractivity contribution in [2.24, 2.45) is 17.3 Å². The largest absolute Gasteiger partial charge is 0.299 e. The lowest BCUT2D eigenvalue weighted by Crippen LogP contribution is -2.26. The van der Waals surface area contributed by atoms with Gasteiger partial charge in [-0.05, 0) is 18.8 Å². The molecule has 1 spiro atoms. The Morgan fingerprint density at radius 1 is 1.42 bits per heavy atom. The zero-order valence-electron chi connectivity index (χ0n) is 6.99. The normalized spacial score (nSPS) is 48.5. The number of ketones is 1. The number of carbonyl (C=O) groups excluding carboxylic acids is 1. The molecule has 1 nitrogen and oxygen atoms in total. The summed E-state index contributed by atoms with van der Waals surface area (Å²) in [4.78, 5) is 11.4. The van der Waals surface area contributed by atoms with Gasteiger partial charge in [0.05, 0.1) is 0 Å². The molecule has 0 heterocycles. The summed E-state index contributed by atoms with van der Waals surface area (Å²) < 4.78 is 0. The maximum atomic E-state index is 11.4. The Bertz CT molecular complexity index is 300. The van der Waals surface area contributed by atoms with E-state index in [9.17, 15) is 4.79 Å². The van der Waals surface area contributed by atoms with Crippen LogP contribution in [0.5, 0.6) is 0 Å². The SMILES string of the molecule is O=C1CC23C=CC=CC2CC1C3. The van der Waals surface area contributed by atoms with Crippen LogP contribution < -0.4 is 0 Å². The highest BCUT2D eigenvalue weighted by Gasteiger charge is 2.54. The van der Waals surface area contributed by atoms with Crippen molar-refractivity contribution < 1.29 is 4.79 Å². The molecule has 62 valence electrons. The molecule has 2 bridgehead atoms. The van der Waals surface area contributed by atoms with E-state index in [2.05, 4.69) is 24.3 Å². The molecule has 3 aliphatic carbocycles. The van der Waals surface area contributed by atoms with E-state index in [1.54, 1.807) is 0 Å². The number of Topliss-reactive ketones (excluding diaryl/α,β-unsaturated/α-hetero) is 1. The monoisotopic (exact) mass is 160 g/mol. The van der Waals surface area contributed by atoms with Crippen LogP contribution in [0.2, 0.25) is 0 Å². The standard InChI is InChI=1S/C11H12O/c12-10-7-11-4-2-1-3-9(11)5-8(10)6-11/h1-4,8-9H,5-7H2. The van der Waals surface area contributed by atoms with Crippen LogP contribution in [-0.4, -0.2) is 5.78 Å². The summed E-state index contributed by atoms with van der Waals surface area (Å²) in [6, 6.07) is 0. The Kier molecular flexibility index (Phi) is 1.05. The average Bonchev–Trinajstić information content (AvgIpc) is 2.55. The van der Waals surface area contributed by atoms with Crippen molar-refractivity contribution in [3.05, 3.63) is 24.3 Å². The Labute approximate surface area is 72.2 Å². The van der Waals surface area contributed by atoms with E-state index in [1.807, 2.05) is 0 Å². The van der Waals surface area contributed by atoms with Crippen LogP contribution in [0.1, 0.15) is 19.3 Å². The summed E-state index contributed by atoms with van der Waals surface area (Å²) in [6.07, 6.45) is 11.8. The van der Waals surface area contributed by atoms with E-state index in [0.29, 0.717) is 17.6 Å². The highest BCUT2D eigenvalue weighted by atomic mass is 16.1. The third-order valence-electron chi connectivity index (χ3n) is 3.74. The second-order valence-electron chi connectivity index (χ2n) is 4.36. The first-order valence-electron chi connectivity index (χ1n) is 4.69. The molecule has 2 saturated carbocycles. The Morgan fingerprint density at radius 2 is 2.33 bits per heavy atom. The van der Waals surface area contributed by atoms with Gasteiger partial charge in [-0.2, -0.15) is 0 Å². The molecule has 0 aromatic heterocycles. The van der Waals surface area contributed by atoms with Gasteiger partial charge in [0.1, 0.15) is 5.78 Å². The number of hydrogen-bond donors (Lipinski definition) is 0. The van der Waals surface area contributed by atoms with Gasteiger partial charge < -0.3 is 0 Å². The number of rotatable bonds is 0. The molecule has 3 rings (SSSR count). The van der Waals surface area contributed by atoms with E-state index < -0.39 is 0 Å². The fourth-order valence-corrected chi connectivity index (χ4v) is 3.12. The van der Waals surface area contributed by atoms with Crippen molar-refractivity contribution in [1.29, 1.82) is 0 Å². The second kappa shape index (κ2) is 1.90. The van der Waals surface area contributed by atoms with Crippen LogP contribution in [0.15, 0.2) is 24.3 Å². The van der Waals surface area contributed by atoms with Crippen molar-refractivity contribution in [2.45, 2.75) is 19.3 Å². The molecule has 0 aliphatic heterocycles. The predicted molar refractivity (Wildman–Crippen MR) is 46.6 cm³/mol. The molecule has 2 fully saturated rings. The fraction of sp³-hybridized carbons (Fsp3) is 0.545. The van der Waals surface area contributed by atoms with Crippen LogP contribution in [0.25, 0.3) is 0 Å². The van der Waals surface area contributed by atoms with Crippen molar-refractivity contribution in [2.75, 3.05) is 0 Å². The van der Waals surface area contributed by atoms with Gasteiger partial charge in [-0.3, -0.25) is 4.79 Å². The summed E-state index contributed by atoms with van der Waals surface area (Å²) in [6.45, 7) is 0. The fourth-order valence-electron chi connectivity index (χ4n) is 3.12. The summed E-state index contributed by atoms with van der Waals surface area (Å²) in [5.74, 6) is 1.57. The highest BCUT2D eigenvalue weighted by Crippen LogP contribution is 2.58. The third-order valence-corrected chi connectivity index (χ3v) is 3.74. The highest BCUT2D eigenvalue weighted by molar-refractivity contribution is 5.86. The molecule has 0 amide bonds. The maximum Gasteiger partial charge on any atom is 0.136 e. The van der Waals surface area contributed by atoms with Crippen molar-refractivity contribution in [3.63, 3.8) is 0 Å².